The summed E-state index contributed by atoms with van der Waals surface area (Å²) in [6.45, 7) is 0.327. The van der Waals surface area contributed by atoms with Crippen molar-refractivity contribution < 1.29 is 18.7 Å². The lowest BCUT2D eigenvalue weighted by Crippen LogP contribution is -2.30. The second-order valence-corrected chi connectivity index (χ2v) is 6.23. The molecule has 3 aromatic rings. The number of nitrogens with one attached hydrogen (secondary N) is 1. The maximum Gasteiger partial charge on any atom is 0.257 e. The van der Waals surface area contributed by atoms with Crippen LogP contribution in [0.5, 0.6) is 5.75 Å². The standard InChI is InChI=1S/C23H20FNO3/c24-20-10-6-17(7-11-20)14-15-25-22(26)16-28-21-12-8-19(9-13-21)23(27)18-4-2-1-3-5-18/h1-13H,14-16H2,(H,25,26). The molecule has 0 saturated carbocycles. The zero-order chi connectivity index (χ0) is 19.8. The Morgan fingerprint density at radius 3 is 2.14 bits per heavy atom. The monoisotopic (exact) mass is 377 g/mol. The fourth-order valence-corrected chi connectivity index (χ4v) is 2.66. The Hall–Kier alpha value is -3.47. The van der Waals surface area contributed by atoms with Crippen molar-refractivity contribution in [3.8, 4) is 5.75 Å². The molecule has 1 N–H and O–H groups in total. The highest BCUT2D eigenvalue weighted by Gasteiger charge is 2.09. The first-order chi connectivity index (χ1) is 13.6. The highest BCUT2D eigenvalue weighted by Crippen LogP contribution is 2.15. The molecule has 4 nitrogen and oxygen atoms in total. The van der Waals surface area contributed by atoms with Gasteiger partial charge < -0.3 is 10.1 Å². The fourth-order valence-electron chi connectivity index (χ4n) is 2.66. The van der Waals surface area contributed by atoms with Crippen molar-refractivity contribution in [3.05, 3.63) is 101 Å². The van der Waals surface area contributed by atoms with Crippen LogP contribution in [0.25, 0.3) is 0 Å². The zero-order valence-electron chi connectivity index (χ0n) is 15.2. The Kier molecular flexibility index (Phi) is 6.52. The van der Waals surface area contributed by atoms with Crippen molar-refractivity contribution in [3.63, 3.8) is 0 Å². The maximum absolute atomic E-state index is 12.8. The van der Waals surface area contributed by atoms with Gasteiger partial charge in [0.25, 0.3) is 5.91 Å². The van der Waals surface area contributed by atoms with E-state index in [0.29, 0.717) is 29.8 Å². The van der Waals surface area contributed by atoms with E-state index >= 15 is 0 Å². The predicted molar refractivity (Wildman–Crippen MR) is 105 cm³/mol. The third-order valence-corrected chi connectivity index (χ3v) is 4.17. The van der Waals surface area contributed by atoms with Gasteiger partial charge in [-0.1, -0.05) is 42.5 Å². The molecule has 0 spiro atoms. The number of ether oxygens (including phenoxy) is 1. The molecule has 1 amide bonds. The van der Waals surface area contributed by atoms with Crippen molar-refractivity contribution in [2.24, 2.45) is 0 Å². The van der Waals surface area contributed by atoms with Gasteiger partial charge >= 0.3 is 0 Å². The Labute approximate surface area is 163 Å². The summed E-state index contributed by atoms with van der Waals surface area (Å²) in [7, 11) is 0. The van der Waals surface area contributed by atoms with Gasteiger partial charge in [-0.15, -0.1) is 0 Å². The van der Waals surface area contributed by atoms with E-state index in [2.05, 4.69) is 5.32 Å². The first-order valence-electron chi connectivity index (χ1n) is 8.95. The third-order valence-electron chi connectivity index (χ3n) is 4.17. The van der Waals surface area contributed by atoms with Crippen molar-refractivity contribution >= 4 is 11.7 Å². The summed E-state index contributed by atoms with van der Waals surface area (Å²) in [5.74, 6) is -0.0757. The summed E-state index contributed by atoms with van der Waals surface area (Å²) in [6, 6.07) is 21.9. The number of halogens is 1. The first kappa shape index (κ1) is 19.3. The van der Waals surface area contributed by atoms with Crippen molar-refractivity contribution in [1.29, 1.82) is 0 Å². The number of carbonyl (C=O) groups is 2. The molecule has 3 rings (SSSR count). The van der Waals surface area contributed by atoms with Crippen LogP contribution in [0.15, 0.2) is 78.9 Å². The normalized spacial score (nSPS) is 10.3. The van der Waals surface area contributed by atoms with Crippen LogP contribution in [0.3, 0.4) is 0 Å². The van der Waals surface area contributed by atoms with Gasteiger partial charge in [0.1, 0.15) is 11.6 Å². The summed E-state index contributed by atoms with van der Waals surface area (Å²) in [5.41, 5.74) is 2.13. The van der Waals surface area contributed by atoms with Gasteiger partial charge in [0.05, 0.1) is 0 Å². The summed E-state index contributed by atoms with van der Waals surface area (Å²) in [4.78, 5) is 24.2. The van der Waals surface area contributed by atoms with Gasteiger partial charge in [0.2, 0.25) is 0 Å². The highest BCUT2D eigenvalue weighted by atomic mass is 19.1. The number of hydrogen-bond acceptors (Lipinski definition) is 3. The van der Waals surface area contributed by atoms with E-state index in [1.165, 1.54) is 12.1 Å². The Morgan fingerprint density at radius 1 is 0.821 bits per heavy atom. The second kappa shape index (κ2) is 9.46. The van der Waals surface area contributed by atoms with Gasteiger partial charge in [-0.05, 0) is 48.4 Å². The number of ketones is 1. The molecule has 0 atom stereocenters. The van der Waals surface area contributed by atoms with Crippen LogP contribution in [-0.2, 0) is 11.2 Å². The van der Waals surface area contributed by atoms with Crippen LogP contribution in [0.2, 0.25) is 0 Å². The number of rotatable bonds is 8. The molecule has 0 heterocycles. The molecule has 0 fully saturated rings. The number of carbonyl (C=O) groups excluding carboxylic acids is 2. The smallest absolute Gasteiger partial charge is 0.257 e. The van der Waals surface area contributed by atoms with Crippen molar-refractivity contribution in [2.75, 3.05) is 13.2 Å². The van der Waals surface area contributed by atoms with Crippen molar-refractivity contribution in [1.82, 2.24) is 5.32 Å². The number of amides is 1. The molecular formula is C23H20FNO3. The fraction of sp³-hybridized carbons (Fsp3) is 0.130. The highest BCUT2D eigenvalue weighted by molar-refractivity contribution is 6.08. The van der Waals surface area contributed by atoms with E-state index in [-0.39, 0.29) is 24.1 Å². The Balaban J connectivity index is 1.43. The summed E-state index contributed by atoms with van der Waals surface area (Å²) >= 11 is 0. The van der Waals surface area contributed by atoms with E-state index in [1.54, 1.807) is 48.5 Å². The lowest BCUT2D eigenvalue weighted by Gasteiger charge is -2.08. The van der Waals surface area contributed by atoms with Crippen LogP contribution in [-0.4, -0.2) is 24.8 Å². The molecule has 0 aliphatic carbocycles. The topological polar surface area (TPSA) is 55.4 Å². The summed E-state index contributed by atoms with van der Waals surface area (Å²) in [5, 5.41) is 2.76. The first-order valence-corrected chi connectivity index (χ1v) is 8.95. The summed E-state index contributed by atoms with van der Waals surface area (Å²) < 4.78 is 18.3. The molecule has 0 bridgehead atoms. The molecule has 3 aromatic carbocycles. The van der Waals surface area contributed by atoms with E-state index in [1.807, 2.05) is 18.2 Å². The molecule has 0 saturated heterocycles. The van der Waals surface area contributed by atoms with Gasteiger partial charge in [-0.3, -0.25) is 9.59 Å². The Bertz CT molecular complexity index is 922. The van der Waals surface area contributed by atoms with Crippen LogP contribution < -0.4 is 10.1 Å². The van der Waals surface area contributed by atoms with Crippen LogP contribution >= 0.6 is 0 Å². The molecule has 142 valence electrons. The molecular weight excluding hydrogens is 357 g/mol. The molecule has 0 unspecified atom stereocenters. The minimum atomic E-state index is -0.280. The predicted octanol–water partition coefficient (Wildman–Crippen LogP) is 3.79. The van der Waals surface area contributed by atoms with E-state index in [4.69, 9.17) is 4.74 Å². The van der Waals surface area contributed by atoms with Crippen LogP contribution in [0.4, 0.5) is 4.39 Å². The molecule has 0 aromatic heterocycles. The number of hydrogen-bond donors (Lipinski definition) is 1. The van der Waals surface area contributed by atoms with E-state index in [9.17, 15) is 14.0 Å². The molecule has 28 heavy (non-hydrogen) atoms. The lowest BCUT2D eigenvalue weighted by atomic mass is 10.0. The van der Waals surface area contributed by atoms with E-state index < -0.39 is 0 Å². The average Bonchev–Trinajstić information content (AvgIpc) is 2.74. The van der Waals surface area contributed by atoms with Gasteiger partial charge in [-0.25, -0.2) is 4.39 Å². The van der Waals surface area contributed by atoms with E-state index in [0.717, 1.165) is 5.56 Å². The summed E-state index contributed by atoms with van der Waals surface area (Å²) in [6.07, 6.45) is 0.613. The molecule has 0 radical (unpaired) electrons. The minimum Gasteiger partial charge on any atom is -0.484 e. The van der Waals surface area contributed by atoms with Crippen LogP contribution in [0.1, 0.15) is 21.5 Å². The maximum atomic E-state index is 12.8. The third kappa shape index (κ3) is 5.51. The molecule has 0 aliphatic rings. The van der Waals surface area contributed by atoms with Crippen molar-refractivity contribution in [2.45, 2.75) is 6.42 Å². The number of benzene rings is 3. The molecule has 5 heteroatoms. The van der Waals surface area contributed by atoms with Crippen LogP contribution in [0, 0.1) is 5.82 Å². The quantitative estimate of drug-likeness (QED) is 0.608. The van der Waals surface area contributed by atoms with Gasteiger partial charge in [-0.2, -0.15) is 0 Å². The van der Waals surface area contributed by atoms with Gasteiger partial charge in [0, 0.05) is 17.7 Å². The largest absolute Gasteiger partial charge is 0.484 e. The second-order valence-electron chi connectivity index (χ2n) is 6.23. The average molecular weight is 377 g/mol. The molecule has 0 aliphatic heterocycles. The lowest BCUT2D eigenvalue weighted by molar-refractivity contribution is -0.123. The minimum absolute atomic E-state index is 0.0642. The zero-order valence-corrected chi connectivity index (χ0v) is 15.2. The SMILES string of the molecule is O=C(COc1ccc(C(=O)c2ccccc2)cc1)NCCc1ccc(F)cc1. The van der Waals surface area contributed by atoms with Gasteiger partial charge in [0.15, 0.2) is 12.4 Å². The Morgan fingerprint density at radius 2 is 1.46 bits per heavy atom.